The molecule has 9 nitrogen and oxygen atoms in total. The van der Waals surface area contributed by atoms with Gasteiger partial charge in [0.1, 0.15) is 6.33 Å². The summed E-state index contributed by atoms with van der Waals surface area (Å²) < 4.78 is 113. The Morgan fingerprint density at radius 3 is 2.12 bits per heavy atom. The van der Waals surface area contributed by atoms with Crippen LogP contribution in [0.4, 0.5) is 26.3 Å². The van der Waals surface area contributed by atoms with E-state index in [0.29, 0.717) is 12.1 Å². The van der Waals surface area contributed by atoms with Gasteiger partial charge in [-0.3, -0.25) is 4.79 Å². The number of ether oxygens (including phenoxy) is 1. The van der Waals surface area contributed by atoms with Crippen molar-refractivity contribution in [2.45, 2.75) is 36.7 Å². The predicted octanol–water partition coefficient (Wildman–Crippen LogP) is 4.27. The molecule has 1 aromatic heterocycles. The van der Waals surface area contributed by atoms with Crippen LogP contribution in [0.2, 0.25) is 0 Å². The number of carbonyl (C=O) groups excluding carboxylic acids is 1. The van der Waals surface area contributed by atoms with Crippen molar-refractivity contribution in [2.24, 2.45) is 5.73 Å². The van der Waals surface area contributed by atoms with Gasteiger partial charge in [0, 0.05) is 24.9 Å². The van der Waals surface area contributed by atoms with E-state index >= 15 is 0 Å². The van der Waals surface area contributed by atoms with Crippen molar-refractivity contribution in [3.05, 3.63) is 65.5 Å². The quantitative estimate of drug-likeness (QED) is 0.332. The number of nitrogens with zero attached hydrogens (tertiary/aromatic N) is 4. The molecule has 0 saturated carbocycles. The first kappa shape index (κ1) is 30.2. The number of nitrogens with two attached hydrogens (primary N) is 1. The molecule has 41 heavy (non-hydrogen) atoms. The van der Waals surface area contributed by atoms with Crippen LogP contribution in [0.3, 0.4) is 0 Å². The van der Waals surface area contributed by atoms with E-state index in [1.807, 2.05) is 0 Å². The monoisotopic (exact) mass is 603 g/mol. The Morgan fingerprint density at radius 2 is 1.61 bits per heavy atom. The van der Waals surface area contributed by atoms with Gasteiger partial charge in [-0.25, -0.2) is 18.1 Å². The van der Waals surface area contributed by atoms with Crippen LogP contribution in [0.5, 0.6) is 0 Å². The van der Waals surface area contributed by atoms with Crippen molar-refractivity contribution in [2.75, 3.05) is 19.7 Å². The van der Waals surface area contributed by atoms with Crippen molar-refractivity contribution in [1.29, 1.82) is 0 Å². The number of primary amides is 1. The summed E-state index contributed by atoms with van der Waals surface area (Å²) in [5.74, 6) is -1.44. The van der Waals surface area contributed by atoms with Crippen LogP contribution in [0.15, 0.2) is 53.7 Å². The second-order valence-corrected chi connectivity index (χ2v) is 11.7. The fourth-order valence-corrected chi connectivity index (χ4v) is 5.67. The first-order valence-corrected chi connectivity index (χ1v) is 13.3. The molecule has 1 saturated heterocycles. The number of morpholine rings is 1. The topological polar surface area (TPSA) is 120 Å². The molecular formula is C25H23F6N5O4S. The molecule has 16 heteroatoms. The SMILES string of the molecule is CC1(C)CN(S(=O)(=O)c2ccc(/C(=C\n3cnc(-c4cc(C(F)(F)F)cc(C(F)(F)F)c4)n3)C(N)=O)cc2)CCO1. The normalized spacial score (nSPS) is 17.0. The fraction of sp³-hybridized carbons (Fsp3) is 0.320. The van der Waals surface area contributed by atoms with Crippen LogP contribution >= 0.6 is 0 Å². The second kappa shape index (κ2) is 10.6. The molecule has 3 aromatic rings. The molecule has 0 spiro atoms. The van der Waals surface area contributed by atoms with Crippen LogP contribution in [0.1, 0.15) is 30.5 Å². The van der Waals surface area contributed by atoms with Crippen LogP contribution < -0.4 is 5.73 Å². The van der Waals surface area contributed by atoms with Gasteiger partial charge >= 0.3 is 12.4 Å². The van der Waals surface area contributed by atoms with Crippen molar-refractivity contribution in [3.63, 3.8) is 0 Å². The lowest BCUT2D eigenvalue weighted by Crippen LogP contribution is -2.50. The van der Waals surface area contributed by atoms with Gasteiger partial charge in [-0.05, 0) is 49.7 Å². The molecule has 1 fully saturated rings. The van der Waals surface area contributed by atoms with E-state index in [4.69, 9.17) is 10.5 Å². The average Bonchev–Trinajstić information content (AvgIpc) is 3.34. The lowest BCUT2D eigenvalue weighted by Gasteiger charge is -2.37. The zero-order chi connectivity index (χ0) is 30.4. The van der Waals surface area contributed by atoms with E-state index in [2.05, 4.69) is 10.1 Å². The Balaban J connectivity index is 1.65. The van der Waals surface area contributed by atoms with Crippen LogP contribution in [-0.4, -0.2) is 58.7 Å². The highest BCUT2D eigenvalue weighted by molar-refractivity contribution is 7.89. The number of benzene rings is 2. The highest BCUT2D eigenvalue weighted by Crippen LogP contribution is 2.38. The standard InChI is InChI=1S/C25H23F6N5O4S/c1-23(2)13-36(7-8-40-23)41(38,39)19-5-3-15(4-6-19)20(21(32)37)12-35-14-33-22(34-35)16-9-17(24(26,27)28)11-18(10-16)25(29,30)31/h3-6,9-12,14H,7-8,13H2,1-2H3,(H2,32,37)/b20-12+. The van der Waals surface area contributed by atoms with E-state index in [-0.39, 0.29) is 41.8 Å². The Labute approximate surface area is 230 Å². The van der Waals surface area contributed by atoms with Gasteiger partial charge < -0.3 is 10.5 Å². The lowest BCUT2D eigenvalue weighted by molar-refractivity contribution is -0.143. The minimum atomic E-state index is -5.06. The lowest BCUT2D eigenvalue weighted by atomic mass is 10.0. The molecule has 220 valence electrons. The Bertz CT molecular complexity index is 1560. The number of halogens is 6. The summed E-state index contributed by atoms with van der Waals surface area (Å²) in [6.45, 7) is 4.04. The maximum atomic E-state index is 13.2. The van der Waals surface area contributed by atoms with Crippen LogP contribution in [0.25, 0.3) is 23.2 Å². The summed E-state index contributed by atoms with van der Waals surface area (Å²) in [5.41, 5.74) is 1.17. The molecule has 2 aromatic carbocycles. The Morgan fingerprint density at radius 1 is 1.02 bits per heavy atom. The second-order valence-electron chi connectivity index (χ2n) is 9.72. The molecule has 1 amide bonds. The van der Waals surface area contributed by atoms with Crippen molar-refractivity contribution >= 4 is 27.7 Å². The van der Waals surface area contributed by atoms with E-state index in [1.54, 1.807) is 13.8 Å². The Hall–Kier alpha value is -3.76. The molecule has 0 aliphatic carbocycles. The number of carbonyl (C=O) groups is 1. The average molecular weight is 604 g/mol. The third kappa shape index (κ3) is 6.77. The number of hydrogen-bond acceptors (Lipinski definition) is 6. The number of alkyl halides is 6. The zero-order valence-electron chi connectivity index (χ0n) is 21.5. The number of amides is 1. The van der Waals surface area contributed by atoms with Crippen molar-refractivity contribution < 1.29 is 44.3 Å². The van der Waals surface area contributed by atoms with E-state index < -0.39 is 56.4 Å². The molecule has 1 aliphatic rings. The van der Waals surface area contributed by atoms with E-state index in [1.165, 1.54) is 28.6 Å². The zero-order valence-corrected chi connectivity index (χ0v) is 22.3. The van der Waals surface area contributed by atoms with Gasteiger partial charge in [0.25, 0.3) is 5.91 Å². The smallest absolute Gasteiger partial charge is 0.373 e. The molecule has 2 N–H and O–H groups in total. The van der Waals surface area contributed by atoms with E-state index in [9.17, 15) is 39.6 Å². The molecule has 0 bridgehead atoms. The third-order valence-corrected chi connectivity index (χ3v) is 7.93. The van der Waals surface area contributed by atoms with Gasteiger partial charge in [-0.1, -0.05) is 12.1 Å². The molecule has 4 rings (SSSR count). The van der Waals surface area contributed by atoms with Gasteiger partial charge in [-0.2, -0.15) is 30.6 Å². The summed E-state index contributed by atoms with van der Waals surface area (Å²) in [5, 5.41) is 3.88. The Kier molecular flexibility index (Phi) is 7.79. The summed E-state index contributed by atoms with van der Waals surface area (Å²) in [6.07, 6.45) is -8.10. The third-order valence-electron chi connectivity index (χ3n) is 6.07. The van der Waals surface area contributed by atoms with Gasteiger partial charge in [0.05, 0.1) is 33.8 Å². The van der Waals surface area contributed by atoms with Gasteiger partial charge in [-0.15, -0.1) is 5.10 Å². The van der Waals surface area contributed by atoms with Crippen molar-refractivity contribution in [3.8, 4) is 11.4 Å². The molecule has 1 aliphatic heterocycles. The van der Waals surface area contributed by atoms with Crippen LogP contribution in [0, 0.1) is 0 Å². The molecule has 2 heterocycles. The summed E-state index contributed by atoms with van der Waals surface area (Å²) in [4.78, 5) is 15.9. The predicted molar refractivity (Wildman–Crippen MR) is 134 cm³/mol. The number of sulfonamides is 1. The van der Waals surface area contributed by atoms with Crippen LogP contribution in [-0.2, 0) is 31.9 Å². The number of rotatable bonds is 6. The summed E-state index contributed by atoms with van der Waals surface area (Å²) in [7, 11) is -3.88. The first-order valence-electron chi connectivity index (χ1n) is 11.8. The molecule has 0 radical (unpaired) electrons. The minimum Gasteiger partial charge on any atom is -0.373 e. The molecular weight excluding hydrogens is 580 g/mol. The maximum absolute atomic E-state index is 13.2. The van der Waals surface area contributed by atoms with Crippen molar-refractivity contribution in [1.82, 2.24) is 19.1 Å². The van der Waals surface area contributed by atoms with Gasteiger partial charge in [0.2, 0.25) is 10.0 Å². The number of aromatic nitrogens is 3. The molecule has 0 unspecified atom stereocenters. The largest absolute Gasteiger partial charge is 0.416 e. The maximum Gasteiger partial charge on any atom is 0.416 e. The highest BCUT2D eigenvalue weighted by atomic mass is 32.2. The summed E-state index contributed by atoms with van der Waals surface area (Å²) in [6, 6.07) is 6.14. The summed E-state index contributed by atoms with van der Waals surface area (Å²) >= 11 is 0. The van der Waals surface area contributed by atoms with E-state index in [0.717, 1.165) is 17.2 Å². The fourth-order valence-electron chi connectivity index (χ4n) is 4.10. The van der Waals surface area contributed by atoms with Gasteiger partial charge in [0.15, 0.2) is 5.82 Å². The highest BCUT2D eigenvalue weighted by Gasteiger charge is 2.38. The molecule has 0 atom stereocenters. The first-order chi connectivity index (χ1) is 18.9. The minimum absolute atomic E-state index is 0.0185. The number of hydrogen-bond donors (Lipinski definition) is 1.